The van der Waals surface area contributed by atoms with Gasteiger partial charge in [0.25, 0.3) is 0 Å². The van der Waals surface area contributed by atoms with E-state index in [0.717, 1.165) is 29.0 Å². The van der Waals surface area contributed by atoms with Crippen LogP contribution in [-0.2, 0) is 22.4 Å². The summed E-state index contributed by atoms with van der Waals surface area (Å²) >= 11 is 0. The molecule has 0 atom stereocenters. The average Bonchev–Trinajstić information content (AvgIpc) is 2.97. The molecule has 0 saturated carbocycles. The maximum absolute atomic E-state index is 13.4. The van der Waals surface area contributed by atoms with E-state index in [1.54, 1.807) is 12.1 Å². The topological polar surface area (TPSA) is 88.3 Å². The Morgan fingerprint density at radius 2 is 1.89 bits per heavy atom. The molecule has 0 aliphatic carbocycles. The third-order valence-electron chi connectivity index (χ3n) is 3.99. The van der Waals surface area contributed by atoms with Gasteiger partial charge >= 0.3 is 12.1 Å². The van der Waals surface area contributed by atoms with E-state index in [4.69, 9.17) is 10.8 Å². The minimum atomic E-state index is -3.89. The van der Waals surface area contributed by atoms with Crippen LogP contribution in [0.1, 0.15) is 23.6 Å². The number of rotatable bonds is 3. The Bertz CT molecular complexity index is 949. The first-order valence-corrected chi connectivity index (χ1v) is 7.99. The second kappa shape index (κ2) is 8.24. The fourth-order valence-corrected chi connectivity index (χ4v) is 2.73. The average molecular weight is 380 g/mol. The molecule has 8 heteroatoms. The number of hydrogen-bond acceptors (Lipinski definition) is 4. The standard InChI is InChI=1S/C17H16F2N2O.C2H3FO2/c1-10-13-8-11(9-20)6-7-15(13)21-16(10)12-4-2-3-5-14(12)17(18,19)22;1-2(4)5-3/h2-8,21-22H,9,20H2,1H3;1H3. The molecule has 0 amide bonds. The Morgan fingerprint density at radius 3 is 2.44 bits per heavy atom. The summed E-state index contributed by atoms with van der Waals surface area (Å²) in [5.41, 5.74) is 8.77. The van der Waals surface area contributed by atoms with Gasteiger partial charge in [-0.1, -0.05) is 24.3 Å². The SMILES string of the molecule is CC(=O)OF.Cc1c(-c2ccccc2C(O)(F)F)[nH]c2ccc(CN)cc12. The van der Waals surface area contributed by atoms with E-state index in [9.17, 15) is 18.1 Å². The van der Waals surface area contributed by atoms with Crippen LogP contribution in [0, 0.1) is 6.92 Å². The molecule has 1 heterocycles. The maximum atomic E-state index is 13.4. The number of alkyl halides is 2. The van der Waals surface area contributed by atoms with Crippen molar-refractivity contribution >= 4 is 16.9 Å². The van der Waals surface area contributed by atoms with Crippen molar-refractivity contribution in [3.8, 4) is 11.3 Å². The molecule has 1 aromatic heterocycles. The van der Waals surface area contributed by atoms with Crippen molar-refractivity contribution in [3.05, 3.63) is 59.2 Å². The van der Waals surface area contributed by atoms with Gasteiger partial charge in [-0.05, 0) is 36.2 Å². The first kappa shape index (κ1) is 20.5. The third kappa shape index (κ3) is 4.66. The molecule has 0 unspecified atom stereocenters. The number of carbonyl (C=O) groups is 1. The summed E-state index contributed by atoms with van der Waals surface area (Å²) in [5.74, 6) is -0.912. The zero-order valence-corrected chi connectivity index (χ0v) is 14.7. The van der Waals surface area contributed by atoms with Crippen molar-refractivity contribution in [2.24, 2.45) is 5.73 Å². The van der Waals surface area contributed by atoms with Crippen LogP contribution in [0.5, 0.6) is 0 Å². The predicted molar refractivity (Wildman–Crippen MR) is 95.3 cm³/mol. The van der Waals surface area contributed by atoms with Gasteiger partial charge in [-0.2, -0.15) is 8.78 Å². The van der Waals surface area contributed by atoms with E-state index >= 15 is 0 Å². The van der Waals surface area contributed by atoms with Gasteiger partial charge in [-0.15, -0.1) is 0 Å². The van der Waals surface area contributed by atoms with Crippen molar-refractivity contribution < 1.29 is 28.1 Å². The Balaban J connectivity index is 0.000000465. The van der Waals surface area contributed by atoms with Crippen LogP contribution in [0.2, 0.25) is 0 Å². The van der Waals surface area contributed by atoms with E-state index < -0.39 is 17.6 Å². The lowest BCUT2D eigenvalue weighted by Crippen LogP contribution is -2.13. The molecule has 0 saturated heterocycles. The monoisotopic (exact) mass is 380 g/mol. The highest BCUT2D eigenvalue weighted by molar-refractivity contribution is 5.91. The van der Waals surface area contributed by atoms with Crippen molar-refractivity contribution in [2.45, 2.75) is 26.5 Å². The first-order valence-electron chi connectivity index (χ1n) is 7.99. The van der Waals surface area contributed by atoms with Crippen LogP contribution in [0.3, 0.4) is 0 Å². The fraction of sp³-hybridized carbons (Fsp3) is 0.211. The number of carbonyl (C=O) groups excluding carboxylic acids is 1. The molecule has 3 aromatic rings. The summed E-state index contributed by atoms with van der Waals surface area (Å²) in [5, 5.41) is 10.1. The Labute approximate surface area is 153 Å². The van der Waals surface area contributed by atoms with Gasteiger partial charge in [-0.25, -0.2) is 4.79 Å². The van der Waals surface area contributed by atoms with Crippen LogP contribution in [0.15, 0.2) is 42.5 Å². The quantitative estimate of drug-likeness (QED) is 0.639. The van der Waals surface area contributed by atoms with Gasteiger partial charge in [0, 0.05) is 34.5 Å². The minimum Gasteiger partial charge on any atom is -0.354 e. The van der Waals surface area contributed by atoms with Crippen LogP contribution >= 0.6 is 0 Å². The van der Waals surface area contributed by atoms with Gasteiger partial charge in [0.05, 0.1) is 11.3 Å². The van der Waals surface area contributed by atoms with Crippen molar-refractivity contribution in [2.75, 3.05) is 0 Å². The summed E-state index contributed by atoms with van der Waals surface area (Å²) < 4.78 is 37.1. The maximum Gasteiger partial charge on any atom is 0.381 e. The summed E-state index contributed by atoms with van der Waals surface area (Å²) in [7, 11) is 0. The van der Waals surface area contributed by atoms with Gasteiger partial charge in [0.2, 0.25) is 0 Å². The third-order valence-corrected chi connectivity index (χ3v) is 3.99. The number of nitrogens with two attached hydrogens (primary N) is 1. The largest absolute Gasteiger partial charge is 0.381 e. The van der Waals surface area contributed by atoms with Gasteiger partial charge in [0.15, 0.2) is 0 Å². The molecule has 5 nitrogen and oxygen atoms in total. The van der Waals surface area contributed by atoms with E-state index in [0.29, 0.717) is 12.2 Å². The second-order valence-corrected chi connectivity index (χ2v) is 5.86. The Hall–Kier alpha value is -2.84. The number of aromatic amines is 1. The lowest BCUT2D eigenvalue weighted by molar-refractivity contribution is -0.208. The van der Waals surface area contributed by atoms with Crippen molar-refractivity contribution in [1.82, 2.24) is 4.98 Å². The van der Waals surface area contributed by atoms with E-state index in [2.05, 4.69) is 9.93 Å². The lowest BCUT2D eigenvalue weighted by Gasteiger charge is -2.14. The highest BCUT2D eigenvalue weighted by Gasteiger charge is 2.31. The molecule has 0 bridgehead atoms. The summed E-state index contributed by atoms with van der Waals surface area (Å²) in [6, 6.07) is 11.7. The molecule has 0 fully saturated rings. The molecular formula is C19H19F3N2O3. The Kier molecular flexibility index (Phi) is 6.24. The normalized spacial score (nSPS) is 11.1. The zero-order valence-electron chi connectivity index (χ0n) is 14.7. The highest BCUT2D eigenvalue weighted by Crippen LogP contribution is 2.37. The van der Waals surface area contributed by atoms with Crippen LogP contribution in [0.4, 0.5) is 13.3 Å². The van der Waals surface area contributed by atoms with Gasteiger partial charge in [-0.3, -0.25) is 4.94 Å². The number of fused-ring (bicyclic) bond motifs is 1. The molecular weight excluding hydrogens is 361 g/mol. The zero-order chi connectivity index (χ0) is 20.2. The first-order chi connectivity index (χ1) is 12.7. The van der Waals surface area contributed by atoms with Crippen LogP contribution in [-0.4, -0.2) is 16.1 Å². The van der Waals surface area contributed by atoms with Crippen molar-refractivity contribution in [1.29, 1.82) is 0 Å². The molecule has 144 valence electrons. The van der Waals surface area contributed by atoms with E-state index in [-0.39, 0.29) is 5.56 Å². The summed E-state index contributed by atoms with van der Waals surface area (Å²) in [6.07, 6.45) is -3.89. The fourth-order valence-electron chi connectivity index (χ4n) is 2.73. The molecule has 0 aliphatic heterocycles. The highest BCUT2D eigenvalue weighted by atomic mass is 19.3. The molecule has 0 aliphatic rings. The van der Waals surface area contributed by atoms with Gasteiger partial charge in [0.1, 0.15) is 0 Å². The van der Waals surface area contributed by atoms with Crippen molar-refractivity contribution in [3.63, 3.8) is 0 Å². The molecule has 27 heavy (non-hydrogen) atoms. The number of H-pyrrole nitrogens is 1. The number of hydrogen-bond donors (Lipinski definition) is 3. The number of halogens is 3. The summed E-state index contributed by atoms with van der Waals surface area (Å²) in [6.45, 7) is 3.27. The van der Waals surface area contributed by atoms with Crippen LogP contribution in [0.25, 0.3) is 22.2 Å². The Morgan fingerprint density at radius 1 is 1.26 bits per heavy atom. The molecule has 0 radical (unpaired) electrons. The molecule has 2 aromatic carbocycles. The smallest absolute Gasteiger partial charge is 0.354 e. The predicted octanol–water partition coefficient (Wildman–Crippen LogP) is 4.08. The number of aliphatic hydroxyl groups is 1. The van der Waals surface area contributed by atoms with Crippen LogP contribution < -0.4 is 5.73 Å². The lowest BCUT2D eigenvalue weighted by atomic mass is 10.00. The molecule has 0 spiro atoms. The summed E-state index contributed by atoms with van der Waals surface area (Å²) in [4.78, 5) is 15.0. The number of nitrogens with one attached hydrogen (secondary N) is 1. The van der Waals surface area contributed by atoms with E-state index in [1.165, 1.54) is 12.1 Å². The number of aromatic nitrogens is 1. The minimum absolute atomic E-state index is 0.290. The molecule has 4 N–H and O–H groups in total. The van der Waals surface area contributed by atoms with Gasteiger partial charge < -0.3 is 15.8 Å². The number of benzene rings is 2. The number of aryl methyl sites for hydroxylation is 1. The van der Waals surface area contributed by atoms with E-state index in [1.807, 2.05) is 25.1 Å². The molecule has 3 rings (SSSR count). The second-order valence-electron chi connectivity index (χ2n) is 5.86.